The number of non-ortho nitro benzene ring substituents is 1. The van der Waals surface area contributed by atoms with Gasteiger partial charge in [-0.1, -0.05) is 0 Å². The predicted octanol–water partition coefficient (Wildman–Crippen LogP) is 0.464. The largest absolute Gasteiger partial charge is 0.863 e. The molecule has 134 valence electrons. The van der Waals surface area contributed by atoms with Crippen molar-refractivity contribution in [1.29, 1.82) is 0 Å². The highest BCUT2D eigenvalue weighted by molar-refractivity contribution is 6.18. The number of nitrogens with zero attached hydrogens (tertiary/aromatic N) is 3. The van der Waals surface area contributed by atoms with E-state index in [9.17, 15) is 35.4 Å². The van der Waals surface area contributed by atoms with Gasteiger partial charge in [-0.15, -0.1) is 23.2 Å². The third-order valence-electron chi connectivity index (χ3n) is 2.68. The van der Waals surface area contributed by atoms with Crippen LogP contribution < -0.4 is 10.0 Å². The summed E-state index contributed by atoms with van der Waals surface area (Å²) in [6.45, 7) is 2.02. The summed E-state index contributed by atoms with van der Waals surface area (Å²) < 4.78 is 0. The second-order valence-electron chi connectivity index (χ2n) is 4.42. The monoisotopic (exact) mass is 384 g/mol. The Bertz CT molecular complexity index is 573. The van der Waals surface area contributed by atoms with Crippen molar-refractivity contribution in [1.82, 2.24) is 0 Å². The van der Waals surface area contributed by atoms with Gasteiger partial charge in [-0.25, -0.2) is 0 Å². The zero-order valence-electron chi connectivity index (χ0n) is 12.4. The highest BCUT2D eigenvalue weighted by atomic mass is 35.5. The predicted molar refractivity (Wildman–Crippen MR) is 83.9 cm³/mol. The molecule has 0 radical (unpaired) electrons. The summed E-state index contributed by atoms with van der Waals surface area (Å²) in [5, 5.41) is 42.1. The number of nitro groups is 3. The number of nitro benzene ring substituents is 3. The van der Waals surface area contributed by atoms with Gasteiger partial charge in [-0.2, -0.15) is 0 Å². The molecule has 0 aromatic heterocycles. The Kier molecular flexibility index (Phi) is 9.54. The van der Waals surface area contributed by atoms with E-state index < -0.39 is 37.6 Å². The third kappa shape index (κ3) is 6.89. The Hall–Kier alpha value is -2.24. The van der Waals surface area contributed by atoms with Gasteiger partial charge in [-0.3, -0.25) is 30.3 Å². The molecule has 0 spiro atoms. The molecule has 13 heteroatoms. The summed E-state index contributed by atoms with van der Waals surface area (Å²) in [5.74, 6) is -0.00793. The lowest BCUT2D eigenvalue weighted by Crippen LogP contribution is -3.09. The molecule has 0 fully saturated rings. The topological polar surface area (TPSA) is 157 Å². The van der Waals surface area contributed by atoms with Crippen molar-refractivity contribution in [3.8, 4) is 5.75 Å². The van der Waals surface area contributed by atoms with Crippen LogP contribution in [0.25, 0.3) is 0 Å². The van der Waals surface area contributed by atoms with Gasteiger partial charge < -0.3 is 10.0 Å². The van der Waals surface area contributed by atoms with Gasteiger partial charge in [0.05, 0.1) is 64.5 Å². The van der Waals surface area contributed by atoms with Gasteiger partial charge in [-0.05, 0) is 0 Å². The van der Waals surface area contributed by atoms with Gasteiger partial charge in [0.2, 0.25) is 0 Å². The van der Waals surface area contributed by atoms with E-state index in [1.54, 1.807) is 0 Å². The van der Waals surface area contributed by atoms with E-state index in [0.717, 1.165) is 24.8 Å². The lowest BCUT2D eigenvalue weighted by molar-refractivity contribution is -0.874. The second kappa shape index (κ2) is 10.5. The normalized spacial score (nSPS) is 10.0. The number of nitrogens with one attached hydrogen (secondary N) is 1. The fourth-order valence-electron chi connectivity index (χ4n) is 1.41. The molecule has 24 heavy (non-hydrogen) atoms. The average Bonchev–Trinajstić information content (AvgIpc) is 2.47. The summed E-state index contributed by atoms with van der Waals surface area (Å²) in [6, 6.07) is 0.769. The van der Waals surface area contributed by atoms with Crippen LogP contribution in [0.4, 0.5) is 17.1 Å². The molecule has 1 rings (SSSR count). The summed E-state index contributed by atoms with van der Waals surface area (Å²) in [5.41, 5.74) is -3.26. The van der Waals surface area contributed by atoms with E-state index in [1.165, 1.54) is 4.90 Å². The summed E-state index contributed by atoms with van der Waals surface area (Å²) in [6.07, 6.45) is 0. The van der Waals surface area contributed by atoms with Crippen LogP contribution in [-0.2, 0) is 0 Å². The van der Waals surface area contributed by atoms with Crippen LogP contribution in [0.3, 0.4) is 0 Å². The molecule has 1 aromatic carbocycles. The second-order valence-corrected chi connectivity index (χ2v) is 5.18. The molecule has 1 aromatic rings. The lowest BCUT2D eigenvalue weighted by atomic mass is 10.2. The molecule has 0 amide bonds. The van der Waals surface area contributed by atoms with Crippen molar-refractivity contribution in [3.05, 3.63) is 42.5 Å². The van der Waals surface area contributed by atoms with Crippen LogP contribution in [0.2, 0.25) is 0 Å². The third-order valence-corrected chi connectivity index (χ3v) is 3.06. The standard InChI is InChI=1S/C6H3N3O7.C5H11Cl2N/c10-6-4(8(13)14)1-3(7(11)12)2-5(6)9(15)16;1-8(4-2-6)5-3-7/h1-2,10H;2-5H2,1H3. The number of hydrogen-bond donors (Lipinski definition) is 1. The maximum atomic E-state index is 11.1. The molecule has 0 atom stereocenters. The number of hydrogen-bond acceptors (Lipinski definition) is 7. The molecular weight excluding hydrogens is 371 g/mol. The quantitative estimate of drug-likeness (QED) is 0.406. The van der Waals surface area contributed by atoms with E-state index in [2.05, 4.69) is 7.05 Å². The molecular formula is C11H14Cl2N4O7. The summed E-state index contributed by atoms with van der Waals surface area (Å²) in [7, 11) is 2.09. The van der Waals surface area contributed by atoms with E-state index in [-0.39, 0.29) is 0 Å². The Labute approximate surface area is 145 Å². The molecule has 11 nitrogen and oxygen atoms in total. The molecule has 0 bridgehead atoms. The van der Waals surface area contributed by atoms with Crippen molar-refractivity contribution in [2.45, 2.75) is 0 Å². The summed E-state index contributed by atoms with van der Waals surface area (Å²) in [4.78, 5) is 28.9. The van der Waals surface area contributed by atoms with Crippen molar-refractivity contribution in [2.75, 3.05) is 31.9 Å². The van der Waals surface area contributed by atoms with Gasteiger partial charge >= 0.3 is 0 Å². The van der Waals surface area contributed by atoms with Crippen molar-refractivity contribution >= 4 is 40.3 Å². The average molecular weight is 385 g/mol. The Morgan fingerprint density at radius 3 is 1.54 bits per heavy atom. The first kappa shape index (κ1) is 21.8. The smallest absolute Gasteiger partial charge is 0.283 e. The van der Waals surface area contributed by atoms with Gasteiger partial charge in [0.15, 0.2) is 0 Å². The Morgan fingerprint density at radius 1 is 0.917 bits per heavy atom. The van der Waals surface area contributed by atoms with Crippen LogP contribution in [0.5, 0.6) is 5.75 Å². The highest BCUT2D eigenvalue weighted by Gasteiger charge is 2.24. The molecule has 0 aliphatic carbocycles. The van der Waals surface area contributed by atoms with Crippen molar-refractivity contribution < 1.29 is 24.8 Å². The van der Waals surface area contributed by atoms with E-state index in [4.69, 9.17) is 23.2 Å². The maximum Gasteiger partial charge on any atom is 0.283 e. The van der Waals surface area contributed by atoms with Crippen LogP contribution in [0, 0.1) is 30.3 Å². The fraction of sp³-hybridized carbons (Fsp3) is 0.455. The first-order chi connectivity index (χ1) is 11.1. The van der Waals surface area contributed by atoms with E-state index in [0.29, 0.717) is 12.1 Å². The maximum absolute atomic E-state index is 11.1. The molecule has 0 saturated carbocycles. The van der Waals surface area contributed by atoms with Gasteiger partial charge in [0.25, 0.3) is 17.1 Å². The Balaban J connectivity index is 0.000000561. The van der Waals surface area contributed by atoms with Gasteiger partial charge in [0.1, 0.15) is 0 Å². The minimum absolute atomic E-state index is 0.384. The van der Waals surface area contributed by atoms with Crippen molar-refractivity contribution in [2.24, 2.45) is 0 Å². The van der Waals surface area contributed by atoms with E-state index in [1.807, 2.05) is 0 Å². The minimum Gasteiger partial charge on any atom is -0.863 e. The highest BCUT2D eigenvalue weighted by Crippen LogP contribution is 2.36. The summed E-state index contributed by atoms with van der Waals surface area (Å²) >= 11 is 10.9. The molecule has 0 aliphatic rings. The zero-order valence-corrected chi connectivity index (χ0v) is 14.0. The van der Waals surface area contributed by atoms with Gasteiger partial charge in [0, 0.05) is 0 Å². The lowest BCUT2D eigenvalue weighted by Gasteiger charge is -2.08. The van der Waals surface area contributed by atoms with E-state index >= 15 is 0 Å². The molecule has 0 heterocycles. The molecule has 0 aliphatic heterocycles. The minimum atomic E-state index is -1.46. The van der Waals surface area contributed by atoms with Crippen molar-refractivity contribution in [3.63, 3.8) is 0 Å². The molecule has 1 N–H and O–H groups in total. The fourth-order valence-corrected chi connectivity index (χ4v) is 2.05. The van der Waals surface area contributed by atoms with Crippen LogP contribution >= 0.6 is 23.2 Å². The number of rotatable bonds is 7. The number of alkyl halides is 2. The molecule has 0 unspecified atom stereocenters. The van der Waals surface area contributed by atoms with Crippen LogP contribution in [0.1, 0.15) is 0 Å². The number of halogens is 2. The SMILES string of the molecule is C[NH+](CCCl)CCCl.O=[N+]([O-])c1cc([N+](=O)[O-])c([O-])c([N+](=O)[O-])c1. The zero-order chi connectivity index (χ0) is 18.9. The molecule has 0 saturated heterocycles. The van der Waals surface area contributed by atoms with Crippen LogP contribution in [-0.4, -0.2) is 46.7 Å². The number of benzene rings is 1. The number of quaternary nitrogens is 1. The first-order valence-corrected chi connectivity index (χ1v) is 7.44. The first-order valence-electron chi connectivity index (χ1n) is 6.37. The Morgan fingerprint density at radius 2 is 1.29 bits per heavy atom. The van der Waals surface area contributed by atoms with Crippen LogP contribution in [0.15, 0.2) is 12.1 Å².